The fourth-order valence-electron chi connectivity index (χ4n) is 5.00. The number of rotatable bonds is 3. The van der Waals surface area contributed by atoms with Crippen molar-refractivity contribution in [1.82, 2.24) is 4.90 Å². The lowest BCUT2D eigenvalue weighted by molar-refractivity contribution is 0.458. The largest absolute Gasteiger partial charge is 0.308 e. The van der Waals surface area contributed by atoms with Crippen LogP contribution in [0, 0.1) is 0 Å². The first kappa shape index (κ1) is 23.0. The molecule has 0 radical (unpaired) electrons. The van der Waals surface area contributed by atoms with E-state index in [1.807, 2.05) is 42.5 Å². The number of nitrogens with zero attached hydrogens (tertiary/aromatic N) is 2. The SMILES string of the molecule is Clc1ccc(C2=CSC3=NC4=C(CCCC4=Cc4ccccc4Cl)C(c4ccccc4Cl)N23)cc1. The van der Waals surface area contributed by atoms with E-state index in [2.05, 4.69) is 46.7 Å². The van der Waals surface area contributed by atoms with Crippen LogP contribution in [0.1, 0.15) is 42.0 Å². The molecule has 0 spiro atoms. The average molecular weight is 536 g/mol. The van der Waals surface area contributed by atoms with Gasteiger partial charge in [0.05, 0.1) is 17.4 Å². The zero-order chi connectivity index (χ0) is 23.9. The summed E-state index contributed by atoms with van der Waals surface area (Å²) in [4.78, 5) is 7.56. The standard InChI is InChI=1S/C29H21Cl3N2S/c30-21-14-12-18(13-15-21)26-17-35-29-33-27-20(16-19-6-1-3-10-24(19)31)7-5-9-23(27)28(34(26)29)22-8-2-4-11-25(22)32/h1-4,6,8,10-17,28H,5,7,9H2. The highest BCUT2D eigenvalue weighted by Gasteiger charge is 2.40. The number of thioether (sulfide) groups is 1. The first-order chi connectivity index (χ1) is 17.1. The van der Waals surface area contributed by atoms with E-state index in [-0.39, 0.29) is 6.04 Å². The molecule has 3 aromatic carbocycles. The number of fused-ring (bicyclic) bond motifs is 1. The summed E-state index contributed by atoms with van der Waals surface area (Å²) >= 11 is 21.2. The Labute approximate surface area is 224 Å². The van der Waals surface area contributed by atoms with Gasteiger partial charge in [0, 0.05) is 20.5 Å². The smallest absolute Gasteiger partial charge is 0.174 e. The quantitative estimate of drug-likeness (QED) is 0.332. The van der Waals surface area contributed by atoms with Crippen LogP contribution in [-0.2, 0) is 0 Å². The van der Waals surface area contributed by atoms with Crippen molar-refractivity contribution in [3.63, 3.8) is 0 Å². The van der Waals surface area contributed by atoms with Crippen molar-refractivity contribution in [3.8, 4) is 0 Å². The van der Waals surface area contributed by atoms with Crippen molar-refractivity contribution in [2.75, 3.05) is 0 Å². The molecule has 0 fully saturated rings. The van der Waals surface area contributed by atoms with Gasteiger partial charge >= 0.3 is 0 Å². The molecular formula is C29H21Cl3N2S. The van der Waals surface area contributed by atoms with E-state index in [0.717, 1.165) is 67.6 Å². The highest BCUT2D eigenvalue weighted by Crippen LogP contribution is 2.52. The molecule has 0 N–H and O–H groups in total. The minimum atomic E-state index is -0.0296. The minimum Gasteiger partial charge on any atom is -0.308 e. The van der Waals surface area contributed by atoms with Crippen LogP contribution in [0.15, 0.2) is 100 Å². The number of halogens is 3. The first-order valence-electron chi connectivity index (χ1n) is 11.5. The summed E-state index contributed by atoms with van der Waals surface area (Å²) in [5.74, 6) is 0. The van der Waals surface area contributed by atoms with Gasteiger partial charge < -0.3 is 4.90 Å². The van der Waals surface area contributed by atoms with Gasteiger partial charge in [-0.25, -0.2) is 4.99 Å². The Balaban J connectivity index is 1.52. The molecule has 3 aliphatic rings. The van der Waals surface area contributed by atoms with E-state index in [9.17, 15) is 0 Å². The molecular weight excluding hydrogens is 515 g/mol. The van der Waals surface area contributed by atoms with Crippen LogP contribution in [0.3, 0.4) is 0 Å². The van der Waals surface area contributed by atoms with Gasteiger partial charge in [0.2, 0.25) is 0 Å². The molecule has 0 aromatic heterocycles. The Hall–Kier alpha value is -2.43. The van der Waals surface area contributed by atoms with E-state index in [0.29, 0.717) is 0 Å². The van der Waals surface area contributed by atoms with Gasteiger partial charge in [-0.05, 0) is 77.4 Å². The monoisotopic (exact) mass is 534 g/mol. The Bertz CT molecular complexity index is 1440. The molecule has 1 unspecified atom stereocenters. The number of aliphatic imine (C=N–C) groups is 1. The highest BCUT2D eigenvalue weighted by atomic mass is 35.5. The van der Waals surface area contributed by atoms with Crippen molar-refractivity contribution < 1.29 is 0 Å². The van der Waals surface area contributed by atoms with Gasteiger partial charge in [0.1, 0.15) is 0 Å². The zero-order valence-electron chi connectivity index (χ0n) is 18.7. The predicted octanol–water partition coefficient (Wildman–Crippen LogP) is 9.63. The van der Waals surface area contributed by atoms with Gasteiger partial charge in [-0.1, -0.05) is 95.1 Å². The van der Waals surface area contributed by atoms with Gasteiger partial charge in [0.25, 0.3) is 0 Å². The van der Waals surface area contributed by atoms with Crippen LogP contribution in [-0.4, -0.2) is 10.1 Å². The Morgan fingerprint density at radius 2 is 1.60 bits per heavy atom. The second-order valence-corrected chi connectivity index (χ2v) is 10.8. The summed E-state index contributed by atoms with van der Waals surface area (Å²) in [5.41, 5.74) is 7.94. The normalized spacial score (nSPS) is 20.5. The average Bonchev–Trinajstić information content (AvgIpc) is 3.29. The van der Waals surface area contributed by atoms with Crippen LogP contribution >= 0.6 is 46.6 Å². The molecule has 3 aromatic rings. The summed E-state index contributed by atoms with van der Waals surface area (Å²) in [6.45, 7) is 0. The molecule has 0 saturated heterocycles. The number of benzene rings is 3. The molecule has 0 saturated carbocycles. The predicted molar refractivity (Wildman–Crippen MR) is 151 cm³/mol. The van der Waals surface area contributed by atoms with Gasteiger partial charge in [-0.3, -0.25) is 0 Å². The van der Waals surface area contributed by atoms with Crippen LogP contribution in [0.5, 0.6) is 0 Å². The molecule has 35 heavy (non-hydrogen) atoms. The van der Waals surface area contributed by atoms with Crippen LogP contribution in [0.25, 0.3) is 11.8 Å². The lowest BCUT2D eigenvalue weighted by atomic mass is 9.82. The third-order valence-corrected chi connectivity index (χ3v) is 8.39. The van der Waals surface area contributed by atoms with Crippen molar-refractivity contribution in [3.05, 3.63) is 127 Å². The van der Waals surface area contributed by atoms with Crippen molar-refractivity contribution >= 4 is 63.5 Å². The van der Waals surface area contributed by atoms with Crippen LogP contribution < -0.4 is 0 Å². The Kier molecular flexibility index (Phi) is 6.28. The third-order valence-electron chi connectivity index (χ3n) is 6.61. The number of hydrogen-bond donors (Lipinski definition) is 0. The summed E-state index contributed by atoms with van der Waals surface area (Å²) in [5, 5.41) is 5.39. The van der Waals surface area contributed by atoms with E-state index in [4.69, 9.17) is 39.8 Å². The first-order valence-corrected chi connectivity index (χ1v) is 13.5. The topological polar surface area (TPSA) is 15.6 Å². The van der Waals surface area contributed by atoms with E-state index in [1.165, 1.54) is 11.1 Å². The van der Waals surface area contributed by atoms with E-state index < -0.39 is 0 Å². The van der Waals surface area contributed by atoms with Gasteiger partial charge in [-0.15, -0.1) is 0 Å². The number of allylic oxidation sites excluding steroid dienone is 1. The Morgan fingerprint density at radius 3 is 2.37 bits per heavy atom. The molecule has 2 heterocycles. The lowest BCUT2D eigenvalue weighted by Crippen LogP contribution is -2.35. The molecule has 1 aliphatic carbocycles. The van der Waals surface area contributed by atoms with Gasteiger partial charge in [0.15, 0.2) is 5.17 Å². The third kappa shape index (κ3) is 4.25. The fourth-order valence-corrected chi connectivity index (χ4v) is 6.48. The van der Waals surface area contributed by atoms with E-state index >= 15 is 0 Å². The molecule has 0 bridgehead atoms. The van der Waals surface area contributed by atoms with E-state index in [1.54, 1.807) is 11.8 Å². The molecule has 6 rings (SSSR count). The zero-order valence-corrected chi connectivity index (χ0v) is 21.8. The van der Waals surface area contributed by atoms with Crippen molar-refractivity contribution in [2.45, 2.75) is 25.3 Å². The summed E-state index contributed by atoms with van der Waals surface area (Å²) < 4.78 is 0. The highest BCUT2D eigenvalue weighted by molar-refractivity contribution is 8.16. The lowest BCUT2D eigenvalue weighted by Gasteiger charge is -2.40. The molecule has 2 nitrogen and oxygen atoms in total. The Morgan fingerprint density at radius 1 is 0.857 bits per heavy atom. The van der Waals surface area contributed by atoms with Crippen LogP contribution in [0.4, 0.5) is 0 Å². The van der Waals surface area contributed by atoms with Crippen molar-refractivity contribution in [2.24, 2.45) is 4.99 Å². The second kappa shape index (κ2) is 9.55. The summed E-state index contributed by atoms with van der Waals surface area (Å²) in [6, 6.07) is 24.1. The van der Waals surface area contributed by atoms with Gasteiger partial charge in [-0.2, -0.15) is 0 Å². The maximum atomic E-state index is 6.82. The molecule has 2 aliphatic heterocycles. The minimum absolute atomic E-state index is 0.0296. The number of hydrogen-bond acceptors (Lipinski definition) is 3. The molecule has 1 atom stereocenters. The summed E-state index contributed by atoms with van der Waals surface area (Å²) in [7, 11) is 0. The molecule has 0 amide bonds. The number of amidine groups is 1. The van der Waals surface area contributed by atoms with Crippen LogP contribution in [0.2, 0.25) is 15.1 Å². The summed E-state index contributed by atoms with van der Waals surface area (Å²) in [6.07, 6.45) is 5.20. The molecule has 6 heteroatoms. The molecule has 174 valence electrons. The maximum absolute atomic E-state index is 6.82. The maximum Gasteiger partial charge on any atom is 0.174 e. The fraction of sp³-hybridized carbons (Fsp3) is 0.138. The van der Waals surface area contributed by atoms with Crippen molar-refractivity contribution in [1.29, 1.82) is 0 Å². The second-order valence-electron chi connectivity index (χ2n) is 8.73.